The maximum Gasteiger partial charge on any atom is 0.448 e. The third-order valence-corrected chi connectivity index (χ3v) is 0.963. The van der Waals surface area contributed by atoms with Crippen LogP contribution in [0, 0.1) is 0 Å². The van der Waals surface area contributed by atoms with E-state index in [1.54, 1.807) is 0 Å². The third-order valence-electron chi connectivity index (χ3n) is 0.963. The van der Waals surface area contributed by atoms with Gasteiger partial charge in [0.15, 0.2) is 5.78 Å². The molecule has 0 aliphatic rings. The Labute approximate surface area is 73.8 Å². The molecule has 0 saturated heterocycles. The van der Waals surface area contributed by atoms with Gasteiger partial charge in [-0.15, -0.1) is 0 Å². The number of aliphatic hydroxyl groups is 1. The van der Waals surface area contributed by atoms with Crippen molar-refractivity contribution in [2.45, 2.75) is 18.8 Å². The summed E-state index contributed by atoms with van der Waals surface area (Å²) in [6, 6.07) is 0. The van der Waals surface area contributed by atoms with Crippen LogP contribution >= 0.6 is 0 Å². The summed E-state index contributed by atoms with van der Waals surface area (Å²) in [6.07, 6.45) is -12.6. The first-order chi connectivity index (χ1) is 6.02. The van der Waals surface area contributed by atoms with Gasteiger partial charge in [-0.3, -0.25) is 4.79 Å². The molecule has 14 heavy (non-hydrogen) atoms. The monoisotopic (exact) mass is 222 g/mol. The van der Waals surface area contributed by atoms with E-state index in [0.717, 1.165) is 0 Å². The second-order valence-electron chi connectivity index (χ2n) is 2.29. The summed E-state index contributed by atoms with van der Waals surface area (Å²) in [6.45, 7) is 0. The SMILES string of the molecule is O=C(/C=C(\O)C(F)(F)F)CC(F)(F)F. The van der Waals surface area contributed by atoms with Gasteiger partial charge < -0.3 is 5.11 Å². The van der Waals surface area contributed by atoms with Crippen LogP contribution in [0.25, 0.3) is 0 Å². The molecule has 0 atom stereocenters. The first kappa shape index (κ1) is 12.8. The number of allylic oxidation sites excluding steroid dienone is 2. The van der Waals surface area contributed by atoms with Gasteiger partial charge in [0.25, 0.3) is 0 Å². The smallest absolute Gasteiger partial charge is 0.448 e. The largest absolute Gasteiger partial charge is 0.504 e. The molecule has 0 heterocycles. The van der Waals surface area contributed by atoms with Crippen LogP contribution in [0.2, 0.25) is 0 Å². The number of hydrogen-bond donors (Lipinski definition) is 1. The second kappa shape index (κ2) is 3.89. The van der Waals surface area contributed by atoms with E-state index in [0.29, 0.717) is 0 Å². The molecule has 0 rings (SSSR count). The minimum atomic E-state index is -5.21. The third kappa shape index (κ3) is 5.44. The van der Waals surface area contributed by atoms with Gasteiger partial charge in [0.2, 0.25) is 5.76 Å². The highest BCUT2D eigenvalue weighted by Gasteiger charge is 2.36. The molecular formula is C6H4F6O2. The number of halogens is 6. The Morgan fingerprint density at radius 1 is 1.14 bits per heavy atom. The molecule has 82 valence electrons. The van der Waals surface area contributed by atoms with Crippen molar-refractivity contribution in [2.75, 3.05) is 0 Å². The van der Waals surface area contributed by atoms with Gasteiger partial charge in [-0.25, -0.2) is 0 Å². The summed E-state index contributed by atoms with van der Waals surface area (Å²) in [4.78, 5) is 10.3. The normalized spacial score (nSPS) is 14.3. The van der Waals surface area contributed by atoms with Gasteiger partial charge in [-0.05, 0) is 0 Å². The Bertz CT molecular complexity index is 248. The Morgan fingerprint density at radius 2 is 1.57 bits per heavy atom. The van der Waals surface area contributed by atoms with E-state index in [9.17, 15) is 31.1 Å². The van der Waals surface area contributed by atoms with Crippen LogP contribution in [0.15, 0.2) is 11.8 Å². The fraction of sp³-hybridized carbons (Fsp3) is 0.500. The molecule has 8 heteroatoms. The van der Waals surface area contributed by atoms with Gasteiger partial charge in [0, 0.05) is 6.08 Å². The molecule has 1 N–H and O–H groups in total. The number of alkyl halides is 6. The van der Waals surface area contributed by atoms with Crippen molar-refractivity contribution in [1.82, 2.24) is 0 Å². The van der Waals surface area contributed by atoms with Crippen molar-refractivity contribution in [3.63, 3.8) is 0 Å². The Balaban J connectivity index is 4.46. The number of ketones is 1. The zero-order valence-corrected chi connectivity index (χ0v) is 6.41. The molecule has 0 aliphatic heterocycles. The van der Waals surface area contributed by atoms with Crippen molar-refractivity contribution in [3.8, 4) is 0 Å². The first-order valence-corrected chi connectivity index (χ1v) is 3.10. The first-order valence-electron chi connectivity index (χ1n) is 3.10. The van der Waals surface area contributed by atoms with Crippen molar-refractivity contribution in [3.05, 3.63) is 11.8 Å². The van der Waals surface area contributed by atoms with Gasteiger partial charge >= 0.3 is 12.4 Å². The highest BCUT2D eigenvalue weighted by Crippen LogP contribution is 2.25. The van der Waals surface area contributed by atoms with Crippen LogP contribution in [0.3, 0.4) is 0 Å². The van der Waals surface area contributed by atoms with E-state index < -0.39 is 36.4 Å². The zero-order chi connectivity index (χ0) is 11.6. The number of hydrogen-bond acceptors (Lipinski definition) is 2. The number of rotatable bonds is 2. The van der Waals surface area contributed by atoms with Crippen LogP contribution in [-0.4, -0.2) is 23.2 Å². The predicted octanol–water partition coefficient (Wildman–Crippen LogP) is 2.51. The molecule has 0 fully saturated rings. The predicted molar refractivity (Wildman–Crippen MR) is 32.4 cm³/mol. The molecular weight excluding hydrogens is 218 g/mol. The molecule has 0 aromatic carbocycles. The average Bonchev–Trinajstić information content (AvgIpc) is 1.79. The molecule has 2 nitrogen and oxygen atoms in total. The molecule has 0 spiro atoms. The molecule has 0 radical (unpaired) electrons. The van der Waals surface area contributed by atoms with Crippen LogP contribution in [-0.2, 0) is 4.79 Å². The standard InChI is InChI=1S/C6H4F6O2/c7-5(8,9)2-3(13)1-4(14)6(10,11)12/h1,14H,2H2/b4-1-. The molecule has 0 unspecified atom stereocenters. The summed E-state index contributed by atoms with van der Waals surface area (Å²) in [5.41, 5.74) is 0. The van der Waals surface area contributed by atoms with E-state index in [4.69, 9.17) is 5.11 Å². The van der Waals surface area contributed by atoms with Gasteiger partial charge in [0.1, 0.15) is 6.42 Å². The lowest BCUT2D eigenvalue weighted by atomic mass is 10.2. The number of aliphatic hydroxyl groups excluding tert-OH is 1. The summed E-state index contributed by atoms with van der Waals surface area (Å²) in [7, 11) is 0. The molecule has 0 saturated carbocycles. The lowest BCUT2D eigenvalue weighted by Crippen LogP contribution is -2.17. The van der Waals surface area contributed by atoms with E-state index >= 15 is 0 Å². The Kier molecular flexibility index (Phi) is 3.55. The minimum Gasteiger partial charge on any atom is -0.504 e. The topological polar surface area (TPSA) is 37.3 Å². The molecule has 0 aliphatic carbocycles. The quantitative estimate of drug-likeness (QED) is 0.442. The van der Waals surface area contributed by atoms with Crippen molar-refractivity contribution in [1.29, 1.82) is 0 Å². The lowest BCUT2D eigenvalue weighted by Gasteiger charge is -2.05. The summed E-state index contributed by atoms with van der Waals surface area (Å²) >= 11 is 0. The molecule has 0 aromatic heterocycles. The van der Waals surface area contributed by atoms with Crippen LogP contribution in [0.1, 0.15) is 6.42 Å². The van der Waals surface area contributed by atoms with Crippen molar-refractivity contribution >= 4 is 5.78 Å². The highest BCUT2D eigenvalue weighted by molar-refractivity contribution is 5.90. The lowest BCUT2D eigenvalue weighted by molar-refractivity contribution is -0.150. The highest BCUT2D eigenvalue weighted by atomic mass is 19.4. The second-order valence-corrected chi connectivity index (χ2v) is 2.29. The maximum absolute atomic E-state index is 11.5. The minimum absolute atomic E-state index is 0.493. The Morgan fingerprint density at radius 3 is 1.86 bits per heavy atom. The van der Waals surface area contributed by atoms with Crippen molar-refractivity contribution < 1.29 is 36.2 Å². The molecule has 0 bridgehead atoms. The fourth-order valence-electron chi connectivity index (χ4n) is 0.483. The van der Waals surface area contributed by atoms with Crippen molar-refractivity contribution in [2.24, 2.45) is 0 Å². The molecule has 0 amide bonds. The van der Waals surface area contributed by atoms with Crippen LogP contribution < -0.4 is 0 Å². The molecule has 0 aromatic rings. The maximum atomic E-state index is 11.5. The number of carbonyl (C=O) groups excluding carboxylic acids is 1. The van der Waals surface area contributed by atoms with E-state index in [2.05, 4.69) is 0 Å². The van der Waals surface area contributed by atoms with Crippen LogP contribution in [0.4, 0.5) is 26.3 Å². The van der Waals surface area contributed by atoms with E-state index in [1.807, 2.05) is 0 Å². The summed E-state index contributed by atoms with van der Waals surface area (Å²) in [5.74, 6) is -4.20. The zero-order valence-electron chi connectivity index (χ0n) is 6.41. The van der Waals surface area contributed by atoms with Gasteiger partial charge in [0.05, 0.1) is 0 Å². The summed E-state index contributed by atoms with van der Waals surface area (Å²) in [5, 5.41) is 8.10. The van der Waals surface area contributed by atoms with Crippen LogP contribution in [0.5, 0.6) is 0 Å². The Hall–Kier alpha value is -1.21. The summed E-state index contributed by atoms with van der Waals surface area (Å²) < 4.78 is 68.8. The fourth-order valence-corrected chi connectivity index (χ4v) is 0.483. The number of carbonyl (C=O) groups is 1. The van der Waals surface area contributed by atoms with Gasteiger partial charge in [-0.2, -0.15) is 26.3 Å². The van der Waals surface area contributed by atoms with E-state index in [-0.39, 0.29) is 0 Å². The van der Waals surface area contributed by atoms with Gasteiger partial charge in [-0.1, -0.05) is 0 Å². The average molecular weight is 222 g/mol. The van der Waals surface area contributed by atoms with E-state index in [1.165, 1.54) is 0 Å².